The van der Waals surface area contributed by atoms with Gasteiger partial charge in [0.2, 0.25) is 0 Å². The van der Waals surface area contributed by atoms with Gasteiger partial charge in [0, 0.05) is 11.1 Å². The molecule has 2 rings (SSSR count). The zero-order valence-electron chi connectivity index (χ0n) is 12.4. The van der Waals surface area contributed by atoms with E-state index in [-0.39, 0.29) is 21.6 Å². The molecular weight excluding hydrogens is 282 g/mol. The maximum absolute atomic E-state index is 12.9. The summed E-state index contributed by atoms with van der Waals surface area (Å²) in [4.78, 5) is 12.9. The lowest BCUT2D eigenvalue weighted by Gasteiger charge is -2.15. The number of benzene rings is 2. The summed E-state index contributed by atoms with van der Waals surface area (Å²) in [7, 11) is -0.559. The number of hydrogen-bond acceptors (Lipinski definition) is 1. The summed E-state index contributed by atoms with van der Waals surface area (Å²) in [5, 5.41) is 2.39. The predicted molar refractivity (Wildman–Crippen MR) is 93.1 cm³/mol. The average Bonchev–Trinajstić information content (AvgIpc) is 2.46. The molecule has 0 bridgehead atoms. The smallest absolute Gasteiger partial charge is 0.194 e. The quantitative estimate of drug-likeness (QED) is 0.622. The molecule has 0 unspecified atom stereocenters. The van der Waals surface area contributed by atoms with Gasteiger partial charge in [-0.2, -0.15) is 0 Å². The van der Waals surface area contributed by atoms with Gasteiger partial charge < -0.3 is 0 Å². The Bertz CT molecular complexity index is 564. The minimum atomic E-state index is -0.280. The molecule has 2 aromatic rings. The Labute approximate surface area is 123 Å². The first kappa shape index (κ1) is 15.4. The largest absolute Gasteiger partial charge is 0.289 e. The van der Waals surface area contributed by atoms with Crippen molar-refractivity contribution in [3.8, 4) is 0 Å². The molecule has 0 aromatic heterocycles. The van der Waals surface area contributed by atoms with Crippen LogP contribution in [0.2, 0.25) is 0 Å². The van der Waals surface area contributed by atoms with Gasteiger partial charge in [-0.25, -0.2) is 0 Å². The van der Waals surface area contributed by atoms with Crippen LogP contribution in [0.1, 0.15) is 15.9 Å². The van der Waals surface area contributed by atoms with Crippen molar-refractivity contribution < 1.29 is 4.79 Å². The van der Waals surface area contributed by atoms with Crippen LogP contribution in [-0.4, -0.2) is 32.4 Å². The molecule has 0 spiro atoms. The molecule has 0 saturated carbocycles. The Kier molecular flexibility index (Phi) is 5.08. The van der Waals surface area contributed by atoms with Crippen molar-refractivity contribution in [2.45, 2.75) is 0 Å². The fourth-order valence-electron chi connectivity index (χ4n) is 2.26. The van der Waals surface area contributed by atoms with E-state index >= 15 is 0 Å². The molecule has 0 fully saturated rings. The fourth-order valence-corrected chi connectivity index (χ4v) is 4.34. The van der Waals surface area contributed by atoms with Crippen molar-refractivity contribution in [3.05, 3.63) is 59.7 Å². The Morgan fingerprint density at radius 2 is 1.05 bits per heavy atom. The minimum Gasteiger partial charge on any atom is -0.289 e. The van der Waals surface area contributed by atoms with Gasteiger partial charge in [0.15, 0.2) is 5.78 Å². The summed E-state index contributed by atoms with van der Waals surface area (Å²) in [5.41, 5.74) is 1.74. The summed E-state index contributed by atoms with van der Waals surface area (Å²) in [6.45, 7) is 8.78. The van der Waals surface area contributed by atoms with E-state index in [4.69, 9.17) is 0 Å². The Hall–Kier alpha value is -1.03. The average molecular weight is 302 g/mol. The second-order valence-corrected chi connectivity index (χ2v) is 9.69. The van der Waals surface area contributed by atoms with Crippen LogP contribution in [0.4, 0.5) is 0 Å². The van der Waals surface area contributed by atoms with Crippen LogP contribution in [0, 0.1) is 0 Å². The third-order valence-electron chi connectivity index (χ3n) is 3.26. The van der Waals surface area contributed by atoms with Gasteiger partial charge in [-0.05, 0) is 37.3 Å². The van der Waals surface area contributed by atoms with E-state index < -0.39 is 0 Å². The highest BCUT2D eigenvalue weighted by Crippen LogP contribution is 2.29. The molecule has 0 aliphatic rings. The summed E-state index contributed by atoms with van der Waals surface area (Å²) in [5.74, 6) is 0.170. The molecule has 20 heavy (non-hydrogen) atoms. The first-order valence-corrected chi connectivity index (χ1v) is 11.1. The van der Waals surface area contributed by atoms with Gasteiger partial charge >= 0.3 is 0 Å². The molecule has 0 aliphatic carbocycles. The van der Waals surface area contributed by atoms with Crippen LogP contribution in [0.5, 0.6) is 0 Å². The van der Waals surface area contributed by atoms with Crippen LogP contribution >= 0.6 is 15.8 Å². The molecule has 0 aliphatic heterocycles. The SMILES string of the molecule is CP(C)c1ccccc1C(=O)c1ccccc1P(C)C. The number of rotatable bonds is 4. The van der Waals surface area contributed by atoms with Gasteiger partial charge in [-0.3, -0.25) is 4.79 Å². The highest BCUT2D eigenvalue weighted by atomic mass is 31.1. The zero-order valence-corrected chi connectivity index (χ0v) is 14.2. The van der Waals surface area contributed by atoms with E-state index in [0.29, 0.717) is 0 Å². The van der Waals surface area contributed by atoms with Crippen molar-refractivity contribution in [1.82, 2.24) is 0 Å². The van der Waals surface area contributed by atoms with Crippen LogP contribution in [0.25, 0.3) is 0 Å². The van der Waals surface area contributed by atoms with E-state index in [0.717, 1.165) is 11.1 Å². The highest BCUT2D eigenvalue weighted by Gasteiger charge is 2.18. The molecule has 2 aromatic carbocycles. The first-order chi connectivity index (χ1) is 9.52. The Morgan fingerprint density at radius 3 is 1.40 bits per heavy atom. The number of carbonyl (C=O) groups excluding carboxylic acids is 1. The predicted octanol–water partition coefficient (Wildman–Crippen LogP) is 3.65. The summed E-state index contributed by atoms with van der Waals surface area (Å²) in [6.07, 6.45) is 0. The molecule has 0 radical (unpaired) electrons. The van der Waals surface area contributed by atoms with Gasteiger partial charge in [0.25, 0.3) is 0 Å². The van der Waals surface area contributed by atoms with Crippen molar-refractivity contribution in [2.75, 3.05) is 26.7 Å². The summed E-state index contributed by atoms with van der Waals surface area (Å²) >= 11 is 0. The number of ketones is 1. The molecule has 0 amide bonds. The van der Waals surface area contributed by atoms with Crippen LogP contribution in [0.15, 0.2) is 48.5 Å². The van der Waals surface area contributed by atoms with Gasteiger partial charge in [-0.1, -0.05) is 64.4 Å². The molecule has 3 heteroatoms. The maximum atomic E-state index is 12.9. The van der Waals surface area contributed by atoms with Gasteiger partial charge in [0.1, 0.15) is 0 Å². The van der Waals surface area contributed by atoms with E-state index in [1.165, 1.54) is 10.6 Å². The van der Waals surface area contributed by atoms with Crippen LogP contribution in [-0.2, 0) is 0 Å². The molecule has 1 nitrogen and oxygen atoms in total. The topological polar surface area (TPSA) is 17.1 Å². The van der Waals surface area contributed by atoms with Gasteiger partial charge in [-0.15, -0.1) is 0 Å². The third kappa shape index (κ3) is 3.17. The fraction of sp³-hybridized carbons (Fsp3) is 0.235. The summed E-state index contributed by atoms with van der Waals surface area (Å²) in [6, 6.07) is 16.1. The second kappa shape index (κ2) is 6.61. The van der Waals surface area contributed by atoms with Crippen molar-refractivity contribution in [1.29, 1.82) is 0 Å². The third-order valence-corrected chi connectivity index (χ3v) is 5.97. The van der Waals surface area contributed by atoms with Crippen LogP contribution < -0.4 is 10.6 Å². The first-order valence-electron chi connectivity index (χ1n) is 6.59. The van der Waals surface area contributed by atoms with E-state index in [1.54, 1.807) is 0 Å². The summed E-state index contributed by atoms with van der Waals surface area (Å²) < 4.78 is 0. The molecule has 0 heterocycles. The lowest BCUT2D eigenvalue weighted by molar-refractivity contribution is 0.104. The molecular formula is C17H20OP2. The van der Waals surface area contributed by atoms with Crippen molar-refractivity contribution >= 4 is 32.2 Å². The number of carbonyl (C=O) groups is 1. The monoisotopic (exact) mass is 302 g/mol. The van der Waals surface area contributed by atoms with E-state index in [9.17, 15) is 4.79 Å². The van der Waals surface area contributed by atoms with Crippen LogP contribution in [0.3, 0.4) is 0 Å². The van der Waals surface area contributed by atoms with E-state index in [1.807, 2.05) is 36.4 Å². The molecule has 0 N–H and O–H groups in total. The van der Waals surface area contributed by atoms with Gasteiger partial charge in [0.05, 0.1) is 0 Å². The highest BCUT2D eigenvalue weighted by molar-refractivity contribution is 7.64. The Balaban J connectivity index is 2.53. The van der Waals surface area contributed by atoms with Crippen molar-refractivity contribution in [3.63, 3.8) is 0 Å². The Morgan fingerprint density at radius 1 is 0.700 bits per heavy atom. The van der Waals surface area contributed by atoms with E-state index in [2.05, 4.69) is 38.8 Å². The maximum Gasteiger partial charge on any atom is 0.194 e. The molecule has 104 valence electrons. The minimum absolute atomic E-state index is 0.170. The zero-order chi connectivity index (χ0) is 14.7. The second-order valence-electron chi connectivity index (χ2n) is 5.15. The normalized spacial score (nSPS) is 11.1. The molecule has 0 saturated heterocycles. The molecule has 0 atom stereocenters. The lowest BCUT2D eigenvalue weighted by Crippen LogP contribution is -2.20. The standard InChI is InChI=1S/C17H20OP2/c1-19(2)15-11-7-5-9-13(15)17(18)14-10-6-8-12-16(14)20(3)4/h5-12H,1-4H3. The lowest BCUT2D eigenvalue weighted by atomic mass is 10.0. The number of hydrogen-bond donors (Lipinski definition) is 0. The van der Waals surface area contributed by atoms with Crippen molar-refractivity contribution in [2.24, 2.45) is 0 Å².